The molecule has 18 unspecified atom stereocenters. The number of nitrogens with zero attached hydrogens (tertiary/aromatic N) is 1. The highest BCUT2D eigenvalue weighted by Gasteiger charge is 2.78. The lowest BCUT2D eigenvalue weighted by molar-refractivity contribution is -0.209. The lowest BCUT2D eigenvalue weighted by Gasteiger charge is -2.67. The molecule has 6 N–H and O–H groups in total. The normalized spacial score (nSPS) is 48.9. The molecule has 1 amide bonds. The number of aryl methyl sites for hydroxylation is 1. The summed E-state index contributed by atoms with van der Waals surface area (Å²) in [4.78, 5) is 31.6. The summed E-state index contributed by atoms with van der Waals surface area (Å²) >= 11 is 0. The zero-order valence-corrected chi connectivity index (χ0v) is 36.9. The van der Waals surface area contributed by atoms with Gasteiger partial charge in [0.2, 0.25) is 5.91 Å². The van der Waals surface area contributed by atoms with Crippen molar-refractivity contribution >= 4 is 11.7 Å². The number of ether oxygens (including phenoxy) is 3. The van der Waals surface area contributed by atoms with Crippen molar-refractivity contribution in [2.24, 2.45) is 51.8 Å². The number of carbonyl (C=O) groups excluding carboxylic acids is 2. The van der Waals surface area contributed by atoms with Crippen LogP contribution in [0.1, 0.15) is 97.0 Å². The van der Waals surface area contributed by atoms with Crippen LogP contribution in [0.2, 0.25) is 0 Å². The first-order valence-corrected chi connectivity index (χ1v) is 23.7. The fraction of sp³-hybridized carbons (Fsp3) is 0.760. The summed E-state index contributed by atoms with van der Waals surface area (Å²) in [5, 5.41) is 65.8. The molecular weight excluding hydrogens is 789 g/mol. The minimum absolute atomic E-state index is 0.0645. The minimum Gasteiger partial charge on any atom is -0.396 e. The van der Waals surface area contributed by atoms with E-state index in [1.165, 1.54) is 0 Å². The summed E-state index contributed by atoms with van der Waals surface area (Å²) in [5.74, 6) is 4.69. The number of amides is 1. The Balaban J connectivity index is 1.08. The van der Waals surface area contributed by atoms with Gasteiger partial charge in [-0.2, -0.15) is 0 Å². The van der Waals surface area contributed by atoms with Crippen LogP contribution in [0, 0.1) is 63.6 Å². The predicted molar refractivity (Wildman–Crippen MR) is 228 cm³/mol. The van der Waals surface area contributed by atoms with Crippen molar-refractivity contribution in [3.8, 4) is 11.8 Å². The lowest BCUT2D eigenvalue weighted by Crippen LogP contribution is -2.69. The third-order valence-corrected chi connectivity index (χ3v) is 18.8. The van der Waals surface area contributed by atoms with Gasteiger partial charge in [0.15, 0.2) is 5.78 Å². The number of benzene rings is 1. The molecule has 6 fully saturated rings. The molecule has 18 atom stereocenters. The number of methoxy groups -OCH3 is 1. The molecule has 0 radical (unpaired) electrons. The molecule has 1 aromatic carbocycles. The van der Waals surface area contributed by atoms with Crippen molar-refractivity contribution in [3.63, 3.8) is 0 Å². The Bertz CT molecular complexity index is 2030. The standard InChI is InChI=1S/C50H68N2O10/c1-46-19-17-31(61-23-9-22-60-4)25-35(46)39(54)33-16-14-29-24-36-47(2)20-21-49(46,42(33)50(29,47)59)18-8-12-30-26-52(30)45(57)38-32(15-13-28-10-6-5-7-11-28)37-34(27-53)40(43(55)48(36,3)58)62-41(37)44(56)51-38/h5-7,10-11,29-32,34-38,40-41,43-44,51,53,55-56,58-59H,9,12-17,19-27H2,1-4H3. The number of piperidine rings is 1. The number of ketones is 1. The summed E-state index contributed by atoms with van der Waals surface area (Å²) in [5.41, 5.74) is -3.05. The molecular formula is C50H68N2O10. The maximum absolute atomic E-state index is 15.1. The van der Waals surface area contributed by atoms with Gasteiger partial charge in [-0.05, 0) is 117 Å². The van der Waals surface area contributed by atoms with Crippen LogP contribution in [-0.4, -0.2) is 130 Å². The van der Waals surface area contributed by atoms with Gasteiger partial charge < -0.3 is 44.6 Å². The average molecular weight is 857 g/mol. The number of aliphatic hydroxyl groups is 5. The van der Waals surface area contributed by atoms with Crippen molar-refractivity contribution < 1.29 is 49.3 Å². The van der Waals surface area contributed by atoms with E-state index in [0.717, 1.165) is 24.0 Å². The van der Waals surface area contributed by atoms with E-state index in [0.29, 0.717) is 89.5 Å². The summed E-state index contributed by atoms with van der Waals surface area (Å²) in [7, 11) is 1.68. The van der Waals surface area contributed by atoms with E-state index in [9.17, 15) is 30.3 Å². The molecule has 7 bridgehead atoms. The van der Waals surface area contributed by atoms with Gasteiger partial charge in [-0.3, -0.25) is 14.9 Å². The number of hydrogen-bond acceptors (Lipinski definition) is 11. The third-order valence-electron chi connectivity index (χ3n) is 18.8. The van der Waals surface area contributed by atoms with E-state index in [4.69, 9.17) is 14.2 Å². The Kier molecular flexibility index (Phi) is 10.8. The molecule has 4 aliphatic heterocycles. The summed E-state index contributed by atoms with van der Waals surface area (Å²) in [6, 6.07) is 9.17. The topological polar surface area (TPSA) is 178 Å². The molecule has 1 aromatic rings. The van der Waals surface area contributed by atoms with E-state index in [1.54, 1.807) is 14.0 Å². The maximum Gasteiger partial charge on any atom is 0.240 e. The van der Waals surface area contributed by atoms with Crippen molar-refractivity contribution in [3.05, 3.63) is 47.0 Å². The van der Waals surface area contributed by atoms with Crippen LogP contribution in [0.15, 0.2) is 41.5 Å². The Morgan fingerprint density at radius 3 is 2.52 bits per heavy atom. The minimum atomic E-state index is -1.81. The Morgan fingerprint density at radius 2 is 1.76 bits per heavy atom. The Hall–Kier alpha value is -2.70. The molecule has 9 aliphatic rings. The molecule has 62 heavy (non-hydrogen) atoms. The highest BCUT2D eigenvalue weighted by molar-refractivity contribution is 6.01. The van der Waals surface area contributed by atoms with Gasteiger partial charge in [-0.1, -0.05) is 50.1 Å². The molecule has 3 saturated heterocycles. The second-order valence-electron chi connectivity index (χ2n) is 21.5. The number of aliphatic hydroxyl groups excluding tert-OH is 3. The first-order chi connectivity index (χ1) is 29.7. The monoisotopic (exact) mass is 856 g/mol. The average Bonchev–Trinajstić information content (AvgIpc) is 3.85. The largest absolute Gasteiger partial charge is 0.396 e. The molecule has 0 spiro atoms. The van der Waals surface area contributed by atoms with E-state index in [2.05, 4.69) is 43.1 Å². The van der Waals surface area contributed by atoms with Crippen LogP contribution >= 0.6 is 0 Å². The highest BCUT2D eigenvalue weighted by Crippen LogP contribution is 2.77. The first kappa shape index (κ1) is 43.2. The SMILES string of the molecule is COCCCOC1CCC2(C)C(C1)C(=O)C1=C3C24C#CCC2CN2C(=O)C2NC(O)C5OC(C(CO)C5C2CCc2ccccc2)C(O)C(C)(O)C2CC(CC1)C3(O)C2(C)CC4. The fourth-order valence-corrected chi connectivity index (χ4v) is 15.5. The summed E-state index contributed by atoms with van der Waals surface area (Å²) in [6.45, 7) is 7.26. The highest BCUT2D eigenvalue weighted by atomic mass is 16.5. The van der Waals surface area contributed by atoms with Crippen molar-refractivity contribution in [1.29, 1.82) is 0 Å². The number of rotatable bonds is 9. The zero-order valence-electron chi connectivity index (χ0n) is 36.9. The van der Waals surface area contributed by atoms with E-state index in [1.807, 2.05) is 23.1 Å². The van der Waals surface area contributed by atoms with E-state index < -0.39 is 75.8 Å². The van der Waals surface area contributed by atoms with Crippen LogP contribution in [0.3, 0.4) is 0 Å². The van der Waals surface area contributed by atoms with Crippen LogP contribution in [0.5, 0.6) is 0 Å². The van der Waals surface area contributed by atoms with Crippen LogP contribution in [0.4, 0.5) is 0 Å². The van der Waals surface area contributed by atoms with Crippen molar-refractivity contribution in [1.82, 2.24) is 10.2 Å². The molecule has 12 heteroatoms. The van der Waals surface area contributed by atoms with Gasteiger partial charge in [-0.25, -0.2) is 0 Å². The number of fused-ring (bicyclic) bond motifs is 4. The van der Waals surface area contributed by atoms with Gasteiger partial charge in [0, 0.05) is 63.1 Å². The second kappa shape index (κ2) is 15.5. The molecule has 12 nitrogen and oxygen atoms in total. The van der Waals surface area contributed by atoms with Crippen LogP contribution in [0.25, 0.3) is 0 Å². The Morgan fingerprint density at radius 1 is 0.968 bits per heavy atom. The smallest absolute Gasteiger partial charge is 0.240 e. The summed E-state index contributed by atoms with van der Waals surface area (Å²) < 4.78 is 18.3. The van der Waals surface area contributed by atoms with Gasteiger partial charge in [0.25, 0.3) is 0 Å². The molecule has 338 valence electrons. The van der Waals surface area contributed by atoms with Crippen LogP contribution in [-0.2, 0) is 30.2 Å². The number of hydrogen-bond donors (Lipinski definition) is 6. The molecule has 5 aliphatic carbocycles. The van der Waals surface area contributed by atoms with Gasteiger partial charge in [0.1, 0.15) is 18.4 Å². The molecule has 10 rings (SSSR count). The number of allylic oxidation sites excluding steroid dienone is 1. The van der Waals surface area contributed by atoms with E-state index in [-0.39, 0.29) is 48.2 Å². The van der Waals surface area contributed by atoms with E-state index >= 15 is 4.79 Å². The fourth-order valence-electron chi connectivity index (χ4n) is 15.5. The second-order valence-corrected chi connectivity index (χ2v) is 21.5. The van der Waals surface area contributed by atoms with Crippen LogP contribution < -0.4 is 5.32 Å². The Labute approximate surface area is 366 Å². The molecule has 3 saturated carbocycles. The summed E-state index contributed by atoms with van der Waals surface area (Å²) in [6.07, 6.45) is 2.46. The zero-order chi connectivity index (χ0) is 43.6. The maximum atomic E-state index is 15.1. The van der Waals surface area contributed by atoms with Gasteiger partial charge >= 0.3 is 0 Å². The van der Waals surface area contributed by atoms with Gasteiger partial charge in [-0.15, -0.1) is 5.92 Å². The predicted octanol–water partition coefficient (Wildman–Crippen LogP) is 3.30. The van der Waals surface area contributed by atoms with Crippen molar-refractivity contribution in [2.75, 3.05) is 33.5 Å². The number of nitrogens with one attached hydrogen (secondary N) is 1. The van der Waals surface area contributed by atoms with Crippen molar-refractivity contribution in [2.45, 2.75) is 152 Å². The molecule has 0 aromatic heterocycles. The quantitative estimate of drug-likeness (QED) is 0.122. The lowest BCUT2D eigenvalue weighted by atomic mass is 9.37. The van der Waals surface area contributed by atoms with Gasteiger partial charge in [0.05, 0.1) is 40.9 Å². The first-order valence-electron chi connectivity index (χ1n) is 23.7. The number of Topliss-reactive ketones (excluding diaryl/α,β-unsaturated/α-hetero) is 1. The third kappa shape index (κ3) is 6.05. The molecule has 4 heterocycles. The number of carbonyl (C=O) groups is 2.